The highest BCUT2D eigenvalue weighted by Gasteiger charge is 2.96. The quantitative estimate of drug-likeness (QED) is 0.546. The van der Waals surface area contributed by atoms with Gasteiger partial charge in [-0.05, 0) is 11.1 Å². The van der Waals surface area contributed by atoms with E-state index in [-0.39, 0.29) is 60.0 Å². The maximum atomic E-state index is 6.42. The second kappa shape index (κ2) is 1.96. The molecule has 0 aromatic rings. The summed E-state index contributed by atoms with van der Waals surface area (Å²) in [6.45, 7) is 0. The van der Waals surface area contributed by atoms with Crippen LogP contribution in [-0.2, 0) is 23.7 Å². The van der Waals surface area contributed by atoms with Crippen LogP contribution in [0, 0.1) is 0 Å². The Kier molecular flexibility index (Phi) is 0.883. The summed E-state index contributed by atoms with van der Waals surface area (Å²) >= 11 is 0. The fourth-order valence-electron chi connectivity index (χ4n) is 5.33. The molecule has 10 unspecified atom stereocenters. The molecule has 0 aromatic heterocycles. The van der Waals surface area contributed by atoms with E-state index < -0.39 is 0 Å². The molecule has 0 aromatic carbocycles. The van der Waals surface area contributed by atoms with Crippen molar-refractivity contribution in [3.63, 3.8) is 0 Å². The van der Waals surface area contributed by atoms with Gasteiger partial charge in [-0.2, -0.15) is 0 Å². The fourth-order valence-corrected chi connectivity index (χ4v) is 5.33. The summed E-state index contributed by atoms with van der Waals surface area (Å²) in [6, 6.07) is 0. The molecule has 5 nitrogen and oxygen atoms in total. The number of allylic oxidation sites excluding steroid dienone is 2. The van der Waals surface area contributed by atoms with Crippen molar-refractivity contribution < 1.29 is 23.7 Å². The molecule has 8 aliphatic rings. The van der Waals surface area contributed by atoms with Crippen LogP contribution in [0.3, 0.4) is 0 Å². The van der Waals surface area contributed by atoms with Crippen LogP contribution >= 0.6 is 0 Å². The third kappa shape index (κ3) is 0.611. The van der Waals surface area contributed by atoms with E-state index >= 15 is 0 Å². The van der Waals surface area contributed by atoms with Gasteiger partial charge in [0.15, 0.2) is 11.2 Å². The molecule has 0 amide bonds. The predicted molar refractivity (Wildman–Crippen MR) is 57.4 cm³/mol. The van der Waals surface area contributed by atoms with Crippen LogP contribution < -0.4 is 0 Å². The monoisotopic (exact) mass is 258 g/mol. The molecule has 8 rings (SSSR count). The van der Waals surface area contributed by atoms with Crippen molar-refractivity contribution in [2.75, 3.05) is 0 Å². The van der Waals surface area contributed by atoms with Gasteiger partial charge in [-0.25, -0.2) is 0 Å². The van der Waals surface area contributed by atoms with Crippen molar-refractivity contribution in [2.24, 2.45) is 0 Å². The maximum absolute atomic E-state index is 6.42. The first-order valence-electron chi connectivity index (χ1n) is 7.11. The third-order valence-electron chi connectivity index (χ3n) is 6.30. The molecule has 7 fully saturated rings. The first-order valence-corrected chi connectivity index (χ1v) is 7.11. The van der Waals surface area contributed by atoms with Crippen molar-refractivity contribution in [3.8, 4) is 0 Å². The fraction of sp³-hybridized carbons (Fsp3) is 0.714. The first-order chi connectivity index (χ1) is 9.36. The van der Waals surface area contributed by atoms with Gasteiger partial charge in [-0.1, -0.05) is 12.2 Å². The molecule has 0 bridgehead atoms. The van der Waals surface area contributed by atoms with Crippen molar-refractivity contribution in [1.82, 2.24) is 0 Å². The van der Waals surface area contributed by atoms with Crippen LogP contribution in [0.5, 0.6) is 0 Å². The largest absolute Gasteiger partial charge is 0.363 e. The SMILES string of the molecule is C1=C2C3OC3C3OC3C23OC32C(=C1)C1OC1C1OC12. The lowest BCUT2D eigenvalue weighted by molar-refractivity contribution is 0.222. The van der Waals surface area contributed by atoms with Crippen molar-refractivity contribution in [2.45, 2.75) is 60.0 Å². The van der Waals surface area contributed by atoms with E-state index in [1.54, 1.807) is 0 Å². The van der Waals surface area contributed by atoms with Gasteiger partial charge in [0.2, 0.25) is 0 Å². The highest BCUT2D eigenvalue weighted by atomic mass is 16.8. The number of hydrogen-bond donors (Lipinski definition) is 0. The summed E-state index contributed by atoms with van der Waals surface area (Å²) in [5.74, 6) is 0. The van der Waals surface area contributed by atoms with Crippen molar-refractivity contribution in [1.29, 1.82) is 0 Å². The minimum Gasteiger partial charge on any atom is -0.363 e. The Labute approximate surface area is 108 Å². The van der Waals surface area contributed by atoms with Gasteiger partial charge in [0.25, 0.3) is 0 Å². The van der Waals surface area contributed by atoms with E-state index in [0.717, 1.165) is 0 Å². The summed E-state index contributed by atoms with van der Waals surface area (Å²) < 4.78 is 29.8. The molecule has 5 heteroatoms. The summed E-state index contributed by atoms with van der Waals surface area (Å²) in [7, 11) is 0. The Hall–Kier alpha value is -0.720. The van der Waals surface area contributed by atoms with E-state index in [0.29, 0.717) is 0 Å². The van der Waals surface area contributed by atoms with Crippen LogP contribution in [0.25, 0.3) is 0 Å². The van der Waals surface area contributed by atoms with Gasteiger partial charge in [-0.15, -0.1) is 0 Å². The molecule has 2 saturated carbocycles. The van der Waals surface area contributed by atoms with E-state index in [2.05, 4.69) is 12.2 Å². The zero-order valence-corrected chi connectivity index (χ0v) is 9.81. The van der Waals surface area contributed by atoms with Crippen molar-refractivity contribution >= 4 is 0 Å². The molecule has 3 aliphatic carbocycles. The van der Waals surface area contributed by atoms with Gasteiger partial charge in [0.1, 0.15) is 48.8 Å². The van der Waals surface area contributed by atoms with Gasteiger partial charge in [0, 0.05) is 0 Å². The van der Waals surface area contributed by atoms with E-state index in [1.165, 1.54) is 11.1 Å². The molecule has 10 atom stereocenters. The molecule has 96 valence electrons. The van der Waals surface area contributed by atoms with Gasteiger partial charge in [-0.3, -0.25) is 0 Å². The molecular weight excluding hydrogens is 248 g/mol. The summed E-state index contributed by atoms with van der Waals surface area (Å²) in [4.78, 5) is 0. The summed E-state index contributed by atoms with van der Waals surface area (Å²) in [5.41, 5.74) is 2.01. The smallest absolute Gasteiger partial charge is 0.158 e. The predicted octanol–water partition coefficient (Wildman–Crippen LogP) is -0.543. The van der Waals surface area contributed by atoms with Crippen LogP contribution in [0.4, 0.5) is 0 Å². The zero-order valence-electron chi connectivity index (χ0n) is 9.81. The summed E-state index contributed by atoms with van der Waals surface area (Å²) in [6.07, 6.45) is 6.23. The number of hydrogen-bond acceptors (Lipinski definition) is 5. The molecule has 0 N–H and O–H groups in total. The normalized spacial score (nSPS) is 77.5. The molecular formula is C14H10O5. The number of fused-ring (bicyclic) bond motifs is 8. The second-order valence-corrected chi connectivity index (χ2v) is 6.90. The highest BCUT2D eigenvalue weighted by molar-refractivity contribution is 5.64. The topological polar surface area (TPSA) is 62.6 Å². The van der Waals surface area contributed by atoms with Crippen LogP contribution in [-0.4, -0.2) is 60.0 Å². The number of rotatable bonds is 0. The lowest BCUT2D eigenvalue weighted by Gasteiger charge is -2.27. The maximum Gasteiger partial charge on any atom is 0.158 e. The minimum atomic E-state index is -0.282. The van der Waals surface area contributed by atoms with E-state index in [9.17, 15) is 0 Å². The van der Waals surface area contributed by atoms with E-state index in [4.69, 9.17) is 23.7 Å². The molecule has 19 heavy (non-hydrogen) atoms. The van der Waals surface area contributed by atoms with Gasteiger partial charge < -0.3 is 23.7 Å². The molecule has 0 radical (unpaired) electrons. The average molecular weight is 258 g/mol. The first kappa shape index (κ1) is 8.54. The number of ether oxygens (including phenoxy) is 5. The van der Waals surface area contributed by atoms with Crippen LogP contribution in [0.1, 0.15) is 0 Å². The third-order valence-corrected chi connectivity index (χ3v) is 6.30. The van der Waals surface area contributed by atoms with Crippen LogP contribution in [0.15, 0.2) is 23.3 Å². The average Bonchev–Trinajstić information content (AvgIpc) is 3.23. The lowest BCUT2D eigenvalue weighted by atomic mass is 9.66. The molecule has 2 spiro atoms. The molecule has 5 saturated heterocycles. The Morgan fingerprint density at radius 1 is 0.684 bits per heavy atom. The molecule has 5 aliphatic heterocycles. The minimum absolute atomic E-state index is 0.173. The van der Waals surface area contributed by atoms with E-state index in [1.807, 2.05) is 0 Å². The van der Waals surface area contributed by atoms with Gasteiger partial charge >= 0.3 is 0 Å². The molecule has 5 heterocycles. The zero-order chi connectivity index (χ0) is 11.7. The summed E-state index contributed by atoms with van der Waals surface area (Å²) in [5, 5.41) is 0. The Balaban J connectivity index is 1.44. The van der Waals surface area contributed by atoms with Gasteiger partial charge in [0.05, 0.1) is 0 Å². The van der Waals surface area contributed by atoms with Crippen molar-refractivity contribution in [3.05, 3.63) is 23.3 Å². The lowest BCUT2D eigenvalue weighted by Crippen LogP contribution is -2.48. The van der Waals surface area contributed by atoms with Crippen LogP contribution in [0.2, 0.25) is 0 Å². The highest BCUT2D eigenvalue weighted by Crippen LogP contribution is 2.78. The Morgan fingerprint density at radius 3 is 1.74 bits per heavy atom. The Morgan fingerprint density at radius 2 is 1.21 bits per heavy atom. The Bertz CT molecular complexity index is 613. The second-order valence-electron chi connectivity index (χ2n) is 6.90. The number of epoxide rings is 5. The standard InChI is InChI=1S/C14H10O5/c1-2-4-6-8(16-6)10-12(18-10)14(4)13(19-14)3(1)5-7(15-5)9-11(13)17-9/h1-2,5-12H.